The standard InChI is InChI=1S/C19H25N5O/c1-12-17(13-4-5-13)22-23-18(12)21-19(25)14-6-7-16(15(10-14)11-20)24-8-2-3-9-24/h6-7,10,12-13,17-18,22-23H,2-5,8-9H2,1H3,(H,21,25). The molecule has 3 fully saturated rings. The monoisotopic (exact) mass is 339 g/mol. The zero-order valence-electron chi connectivity index (χ0n) is 14.6. The Balaban J connectivity index is 1.46. The van der Waals surface area contributed by atoms with Gasteiger partial charge in [0.2, 0.25) is 0 Å². The van der Waals surface area contributed by atoms with Crippen molar-refractivity contribution in [1.82, 2.24) is 16.2 Å². The van der Waals surface area contributed by atoms with E-state index in [0.717, 1.165) is 37.5 Å². The van der Waals surface area contributed by atoms with Crippen molar-refractivity contribution in [2.75, 3.05) is 18.0 Å². The summed E-state index contributed by atoms with van der Waals surface area (Å²) in [5.74, 6) is 0.942. The lowest BCUT2D eigenvalue weighted by Gasteiger charge is -2.21. The Morgan fingerprint density at radius 1 is 1.28 bits per heavy atom. The Labute approximate surface area is 148 Å². The molecule has 3 N–H and O–H groups in total. The SMILES string of the molecule is CC1C(NC(=O)c2ccc(N3CCCC3)c(C#N)c2)NNC1C1CC1. The fourth-order valence-electron chi connectivity index (χ4n) is 4.05. The summed E-state index contributed by atoms with van der Waals surface area (Å²) in [6, 6.07) is 8.14. The van der Waals surface area contributed by atoms with Gasteiger partial charge in [-0.15, -0.1) is 0 Å². The van der Waals surface area contributed by atoms with Gasteiger partial charge in [-0.2, -0.15) is 5.26 Å². The minimum atomic E-state index is -0.132. The lowest BCUT2D eigenvalue weighted by Crippen LogP contribution is -2.46. The molecule has 1 aromatic rings. The highest BCUT2D eigenvalue weighted by molar-refractivity contribution is 5.95. The number of benzene rings is 1. The number of hydrogen-bond donors (Lipinski definition) is 3. The van der Waals surface area contributed by atoms with Crippen molar-refractivity contribution in [3.05, 3.63) is 29.3 Å². The van der Waals surface area contributed by atoms with Gasteiger partial charge < -0.3 is 10.2 Å². The molecule has 1 aromatic carbocycles. The molecule has 6 nitrogen and oxygen atoms in total. The van der Waals surface area contributed by atoms with E-state index in [1.807, 2.05) is 12.1 Å². The molecule has 3 aliphatic rings. The van der Waals surface area contributed by atoms with Crippen LogP contribution in [0, 0.1) is 23.2 Å². The fraction of sp³-hybridized carbons (Fsp3) is 0.579. The van der Waals surface area contributed by atoms with Crippen LogP contribution in [0.2, 0.25) is 0 Å². The Morgan fingerprint density at radius 2 is 2.04 bits per heavy atom. The first kappa shape index (κ1) is 16.4. The van der Waals surface area contributed by atoms with Gasteiger partial charge in [-0.1, -0.05) is 6.92 Å². The Morgan fingerprint density at radius 3 is 2.72 bits per heavy atom. The van der Waals surface area contributed by atoms with E-state index in [1.165, 1.54) is 12.8 Å². The van der Waals surface area contributed by atoms with Crippen LogP contribution in [0.4, 0.5) is 5.69 Å². The summed E-state index contributed by atoms with van der Waals surface area (Å²) in [6.07, 6.45) is 4.78. The maximum absolute atomic E-state index is 12.6. The maximum Gasteiger partial charge on any atom is 0.252 e. The van der Waals surface area contributed by atoms with Crippen LogP contribution >= 0.6 is 0 Å². The van der Waals surface area contributed by atoms with Crippen LogP contribution in [0.3, 0.4) is 0 Å². The van der Waals surface area contributed by atoms with Crippen LogP contribution in [-0.2, 0) is 0 Å². The number of anilines is 1. The topological polar surface area (TPSA) is 80.2 Å². The number of carbonyl (C=O) groups excluding carboxylic acids is 1. The van der Waals surface area contributed by atoms with E-state index in [4.69, 9.17) is 0 Å². The Hall–Kier alpha value is -2.10. The minimum Gasteiger partial charge on any atom is -0.370 e. The van der Waals surface area contributed by atoms with Gasteiger partial charge in [0.25, 0.3) is 5.91 Å². The van der Waals surface area contributed by atoms with Crippen molar-refractivity contribution in [3.63, 3.8) is 0 Å². The predicted molar refractivity (Wildman–Crippen MR) is 95.8 cm³/mol. The number of hydrogen-bond acceptors (Lipinski definition) is 5. The van der Waals surface area contributed by atoms with Gasteiger partial charge in [0.05, 0.1) is 17.4 Å². The van der Waals surface area contributed by atoms with E-state index in [-0.39, 0.29) is 12.1 Å². The maximum atomic E-state index is 12.6. The first-order valence-electron chi connectivity index (χ1n) is 9.28. The lowest BCUT2D eigenvalue weighted by atomic mass is 9.97. The molecule has 2 aliphatic heterocycles. The van der Waals surface area contributed by atoms with Crippen molar-refractivity contribution in [1.29, 1.82) is 5.26 Å². The van der Waals surface area contributed by atoms with Crippen LogP contribution in [0.25, 0.3) is 0 Å². The number of nitrogens with one attached hydrogen (secondary N) is 3. The molecule has 6 heteroatoms. The van der Waals surface area contributed by atoms with Gasteiger partial charge >= 0.3 is 0 Å². The molecule has 0 radical (unpaired) electrons. The number of carbonyl (C=O) groups is 1. The third-order valence-electron chi connectivity index (χ3n) is 5.74. The quantitative estimate of drug-likeness (QED) is 0.779. The van der Waals surface area contributed by atoms with E-state index in [9.17, 15) is 10.1 Å². The number of hydrazine groups is 1. The second-order valence-electron chi connectivity index (χ2n) is 7.50. The van der Waals surface area contributed by atoms with Crippen LogP contribution in [0.5, 0.6) is 0 Å². The van der Waals surface area contributed by atoms with Gasteiger partial charge in [-0.25, -0.2) is 5.43 Å². The molecular formula is C19H25N5O. The first-order chi connectivity index (χ1) is 12.2. The van der Waals surface area contributed by atoms with Crippen LogP contribution in [-0.4, -0.2) is 31.2 Å². The largest absolute Gasteiger partial charge is 0.370 e. The lowest BCUT2D eigenvalue weighted by molar-refractivity contribution is 0.0922. The molecule has 0 aromatic heterocycles. The van der Waals surface area contributed by atoms with E-state index in [2.05, 4.69) is 34.1 Å². The smallest absolute Gasteiger partial charge is 0.252 e. The third-order valence-corrected chi connectivity index (χ3v) is 5.74. The highest BCUT2D eigenvalue weighted by atomic mass is 16.1. The molecule has 1 saturated carbocycles. The molecule has 1 aliphatic carbocycles. The third kappa shape index (κ3) is 3.22. The molecule has 1 amide bonds. The van der Waals surface area contributed by atoms with Crippen LogP contribution in [0.15, 0.2) is 18.2 Å². The van der Waals surface area contributed by atoms with Gasteiger partial charge in [-0.05, 0) is 49.8 Å². The minimum absolute atomic E-state index is 0.0816. The number of rotatable bonds is 4. The second-order valence-corrected chi connectivity index (χ2v) is 7.50. The summed E-state index contributed by atoms with van der Waals surface area (Å²) >= 11 is 0. The molecule has 132 valence electrons. The number of nitrogens with zero attached hydrogens (tertiary/aromatic N) is 2. The summed E-state index contributed by atoms with van der Waals surface area (Å²) in [4.78, 5) is 14.9. The van der Waals surface area contributed by atoms with Crippen molar-refractivity contribution < 1.29 is 4.79 Å². The van der Waals surface area contributed by atoms with Gasteiger partial charge in [0.15, 0.2) is 0 Å². The van der Waals surface area contributed by atoms with E-state index in [1.54, 1.807) is 6.07 Å². The number of nitriles is 1. The van der Waals surface area contributed by atoms with Gasteiger partial charge in [0.1, 0.15) is 6.07 Å². The zero-order valence-corrected chi connectivity index (χ0v) is 14.6. The fourth-order valence-corrected chi connectivity index (χ4v) is 4.05. The molecule has 25 heavy (non-hydrogen) atoms. The zero-order chi connectivity index (χ0) is 17.4. The summed E-state index contributed by atoms with van der Waals surface area (Å²) in [5, 5.41) is 12.5. The molecule has 3 atom stereocenters. The highest BCUT2D eigenvalue weighted by Crippen LogP contribution is 2.37. The molecule has 4 rings (SSSR count). The molecule has 0 bridgehead atoms. The Kier molecular flexibility index (Phi) is 4.36. The highest BCUT2D eigenvalue weighted by Gasteiger charge is 2.42. The van der Waals surface area contributed by atoms with E-state index < -0.39 is 0 Å². The predicted octanol–water partition coefficient (Wildman–Crippen LogP) is 1.74. The summed E-state index contributed by atoms with van der Waals surface area (Å²) in [5.41, 5.74) is 8.60. The van der Waals surface area contributed by atoms with E-state index >= 15 is 0 Å². The van der Waals surface area contributed by atoms with Gasteiger partial charge in [0, 0.05) is 30.6 Å². The summed E-state index contributed by atoms with van der Waals surface area (Å²) < 4.78 is 0. The molecule has 3 unspecified atom stereocenters. The average Bonchev–Trinajstić information content (AvgIpc) is 3.19. The van der Waals surface area contributed by atoms with Crippen molar-refractivity contribution in [3.8, 4) is 6.07 Å². The second kappa shape index (κ2) is 6.66. The number of amides is 1. The molecule has 2 saturated heterocycles. The van der Waals surface area contributed by atoms with Crippen molar-refractivity contribution in [2.24, 2.45) is 11.8 Å². The molecular weight excluding hydrogens is 314 g/mol. The summed E-state index contributed by atoms with van der Waals surface area (Å²) in [6.45, 7) is 4.13. The average molecular weight is 339 g/mol. The molecule has 2 heterocycles. The van der Waals surface area contributed by atoms with Crippen molar-refractivity contribution >= 4 is 11.6 Å². The normalized spacial score (nSPS) is 28.8. The van der Waals surface area contributed by atoms with Gasteiger partial charge in [-0.3, -0.25) is 10.2 Å². The van der Waals surface area contributed by atoms with Crippen molar-refractivity contribution in [2.45, 2.75) is 44.8 Å². The summed E-state index contributed by atoms with van der Waals surface area (Å²) in [7, 11) is 0. The van der Waals surface area contributed by atoms with E-state index in [0.29, 0.717) is 23.1 Å². The molecule has 0 spiro atoms. The Bertz CT molecular complexity index is 702. The van der Waals surface area contributed by atoms with Crippen LogP contribution < -0.4 is 21.1 Å². The first-order valence-corrected chi connectivity index (χ1v) is 9.28. The van der Waals surface area contributed by atoms with Crippen LogP contribution in [0.1, 0.15) is 48.5 Å².